The Hall–Kier alpha value is -1.71. The number of nitrogens with one attached hydrogen (secondary N) is 2. The van der Waals surface area contributed by atoms with E-state index in [1.165, 1.54) is 12.1 Å². The number of rotatable bonds is 5. The molecule has 21 heavy (non-hydrogen) atoms. The van der Waals surface area contributed by atoms with Crippen LogP contribution in [0.1, 0.15) is 26.7 Å². The molecule has 0 saturated carbocycles. The van der Waals surface area contributed by atoms with Crippen molar-refractivity contribution in [2.45, 2.75) is 32.7 Å². The minimum Gasteiger partial charge on any atom is -0.371 e. The van der Waals surface area contributed by atoms with Crippen molar-refractivity contribution in [3.05, 3.63) is 30.3 Å². The number of hydrogen-bond acceptors (Lipinski definition) is 2. The average molecular weight is 288 g/mol. The van der Waals surface area contributed by atoms with E-state index < -0.39 is 0 Å². The van der Waals surface area contributed by atoms with E-state index in [9.17, 15) is 0 Å². The van der Waals surface area contributed by atoms with E-state index in [2.05, 4.69) is 64.7 Å². The molecule has 2 N–H and O–H groups in total. The molecule has 0 aliphatic carbocycles. The van der Waals surface area contributed by atoms with Crippen LogP contribution in [0.3, 0.4) is 0 Å². The van der Waals surface area contributed by atoms with Crippen LogP contribution in [-0.2, 0) is 0 Å². The minimum atomic E-state index is 0.459. The minimum absolute atomic E-state index is 0.459. The number of benzene rings is 1. The van der Waals surface area contributed by atoms with Gasteiger partial charge in [-0.2, -0.15) is 0 Å². The molecule has 2 atom stereocenters. The first-order valence-corrected chi connectivity index (χ1v) is 8.00. The highest BCUT2D eigenvalue weighted by Crippen LogP contribution is 2.22. The molecule has 1 aliphatic rings. The summed E-state index contributed by atoms with van der Waals surface area (Å²) >= 11 is 0. The lowest BCUT2D eigenvalue weighted by molar-refractivity contribution is 0.554. The van der Waals surface area contributed by atoms with Crippen LogP contribution in [0.25, 0.3) is 0 Å². The summed E-state index contributed by atoms with van der Waals surface area (Å²) in [5, 5.41) is 6.87. The highest BCUT2D eigenvalue weighted by Gasteiger charge is 2.22. The quantitative estimate of drug-likeness (QED) is 0.646. The van der Waals surface area contributed by atoms with Crippen LogP contribution in [0.15, 0.2) is 35.3 Å². The number of hydrogen-bond donors (Lipinski definition) is 2. The van der Waals surface area contributed by atoms with Crippen molar-refractivity contribution in [2.75, 3.05) is 31.6 Å². The Morgan fingerprint density at radius 3 is 2.81 bits per heavy atom. The molecular weight excluding hydrogens is 260 g/mol. The molecule has 2 rings (SSSR count). The fraction of sp³-hybridized carbons (Fsp3) is 0.588. The van der Waals surface area contributed by atoms with Crippen molar-refractivity contribution in [1.82, 2.24) is 10.6 Å². The molecule has 0 spiro atoms. The molecule has 2 unspecified atom stereocenters. The highest BCUT2D eigenvalue weighted by atomic mass is 15.2. The molecule has 4 heteroatoms. The van der Waals surface area contributed by atoms with Crippen LogP contribution in [0.5, 0.6) is 0 Å². The summed E-state index contributed by atoms with van der Waals surface area (Å²) in [7, 11) is 1.84. The van der Waals surface area contributed by atoms with Crippen molar-refractivity contribution in [3.8, 4) is 0 Å². The molecule has 1 heterocycles. The summed E-state index contributed by atoms with van der Waals surface area (Å²) in [6.07, 6.45) is 2.34. The number of guanidine groups is 1. The van der Waals surface area contributed by atoms with Crippen LogP contribution < -0.4 is 15.5 Å². The van der Waals surface area contributed by atoms with Gasteiger partial charge in [0, 0.05) is 38.4 Å². The predicted molar refractivity (Wildman–Crippen MR) is 91.0 cm³/mol. The van der Waals surface area contributed by atoms with Gasteiger partial charge in [0.1, 0.15) is 0 Å². The van der Waals surface area contributed by atoms with E-state index >= 15 is 0 Å². The van der Waals surface area contributed by atoms with Gasteiger partial charge in [-0.15, -0.1) is 0 Å². The zero-order valence-electron chi connectivity index (χ0n) is 13.5. The molecular formula is C17H28N4. The summed E-state index contributed by atoms with van der Waals surface area (Å²) in [5.74, 6) is 1.60. The van der Waals surface area contributed by atoms with Gasteiger partial charge in [-0.1, -0.05) is 25.1 Å². The average Bonchev–Trinajstić information content (AvgIpc) is 3.01. The Morgan fingerprint density at radius 1 is 1.38 bits per heavy atom. The smallest absolute Gasteiger partial charge is 0.191 e. The second-order valence-electron chi connectivity index (χ2n) is 5.84. The summed E-state index contributed by atoms with van der Waals surface area (Å²) in [6, 6.07) is 11.1. The highest BCUT2D eigenvalue weighted by molar-refractivity contribution is 5.79. The molecule has 1 aromatic carbocycles. The van der Waals surface area contributed by atoms with Gasteiger partial charge in [0.2, 0.25) is 0 Å². The van der Waals surface area contributed by atoms with E-state index in [0.29, 0.717) is 12.0 Å². The predicted octanol–water partition coefficient (Wildman–Crippen LogP) is 2.48. The van der Waals surface area contributed by atoms with Gasteiger partial charge in [0.05, 0.1) is 0 Å². The zero-order chi connectivity index (χ0) is 15.1. The Bertz CT molecular complexity index is 443. The van der Waals surface area contributed by atoms with E-state index in [-0.39, 0.29) is 0 Å². The van der Waals surface area contributed by atoms with Crippen molar-refractivity contribution >= 4 is 11.6 Å². The third-order valence-electron chi connectivity index (χ3n) is 4.18. The lowest BCUT2D eigenvalue weighted by Gasteiger charge is -2.20. The maximum Gasteiger partial charge on any atom is 0.191 e. The van der Waals surface area contributed by atoms with Crippen LogP contribution in [0.2, 0.25) is 0 Å². The molecule has 0 amide bonds. The maximum atomic E-state index is 4.29. The fourth-order valence-electron chi connectivity index (χ4n) is 2.64. The summed E-state index contributed by atoms with van der Waals surface area (Å²) < 4.78 is 0. The Balaban J connectivity index is 1.78. The zero-order valence-corrected chi connectivity index (χ0v) is 13.5. The van der Waals surface area contributed by atoms with Gasteiger partial charge in [-0.3, -0.25) is 4.99 Å². The molecule has 1 fully saturated rings. The van der Waals surface area contributed by atoms with Gasteiger partial charge < -0.3 is 15.5 Å². The van der Waals surface area contributed by atoms with Crippen LogP contribution in [0, 0.1) is 5.92 Å². The molecule has 116 valence electrons. The van der Waals surface area contributed by atoms with Gasteiger partial charge in [-0.05, 0) is 37.8 Å². The van der Waals surface area contributed by atoms with Crippen molar-refractivity contribution in [3.63, 3.8) is 0 Å². The molecule has 1 saturated heterocycles. The van der Waals surface area contributed by atoms with E-state index in [4.69, 9.17) is 0 Å². The van der Waals surface area contributed by atoms with E-state index in [1.807, 2.05) is 7.05 Å². The van der Waals surface area contributed by atoms with Gasteiger partial charge in [0.15, 0.2) is 5.96 Å². The number of para-hydroxylation sites is 1. The number of anilines is 1. The maximum absolute atomic E-state index is 4.29. The third kappa shape index (κ3) is 4.66. The van der Waals surface area contributed by atoms with Gasteiger partial charge in [-0.25, -0.2) is 0 Å². The van der Waals surface area contributed by atoms with Crippen molar-refractivity contribution < 1.29 is 0 Å². The fourth-order valence-corrected chi connectivity index (χ4v) is 2.64. The number of aliphatic imine (C=N–C) groups is 1. The first-order chi connectivity index (χ1) is 10.2. The monoisotopic (exact) mass is 288 g/mol. The van der Waals surface area contributed by atoms with Crippen LogP contribution in [-0.4, -0.2) is 38.7 Å². The van der Waals surface area contributed by atoms with Crippen LogP contribution >= 0.6 is 0 Å². The molecule has 0 aromatic heterocycles. The SMILES string of the molecule is CCC(C)NC(=NC)NCC1CCN(c2ccccc2)C1. The van der Waals surface area contributed by atoms with Gasteiger partial charge >= 0.3 is 0 Å². The third-order valence-corrected chi connectivity index (χ3v) is 4.18. The molecule has 0 radical (unpaired) electrons. The summed E-state index contributed by atoms with van der Waals surface area (Å²) in [5.41, 5.74) is 1.34. The van der Waals surface area contributed by atoms with E-state index in [0.717, 1.165) is 32.0 Å². The van der Waals surface area contributed by atoms with Crippen molar-refractivity contribution in [1.29, 1.82) is 0 Å². The van der Waals surface area contributed by atoms with E-state index in [1.54, 1.807) is 0 Å². The lowest BCUT2D eigenvalue weighted by atomic mass is 10.1. The Kier molecular flexibility index (Phi) is 5.90. The Morgan fingerprint density at radius 2 is 2.14 bits per heavy atom. The van der Waals surface area contributed by atoms with Crippen LogP contribution in [0.4, 0.5) is 5.69 Å². The lowest BCUT2D eigenvalue weighted by Crippen LogP contribution is -2.43. The normalized spacial score (nSPS) is 20.4. The van der Waals surface area contributed by atoms with Crippen molar-refractivity contribution in [2.24, 2.45) is 10.9 Å². The summed E-state index contributed by atoms with van der Waals surface area (Å²) in [4.78, 5) is 6.76. The standard InChI is InChI=1S/C17H28N4/c1-4-14(2)20-17(18-3)19-12-15-10-11-21(13-15)16-8-6-5-7-9-16/h5-9,14-15H,4,10-13H2,1-3H3,(H2,18,19,20). The molecule has 0 bridgehead atoms. The number of nitrogens with zero attached hydrogens (tertiary/aromatic N) is 2. The largest absolute Gasteiger partial charge is 0.371 e. The molecule has 1 aromatic rings. The van der Waals surface area contributed by atoms with Gasteiger partial charge in [0.25, 0.3) is 0 Å². The molecule has 4 nitrogen and oxygen atoms in total. The summed E-state index contributed by atoms with van der Waals surface area (Å²) in [6.45, 7) is 7.61. The first-order valence-electron chi connectivity index (χ1n) is 8.00. The topological polar surface area (TPSA) is 39.7 Å². The molecule has 1 aliphatic heterocycles. The Labute approximate surface area is 128 Å². The second-order valence-corrected chi connectivity index (χ2v) is 5.84. The first kappa shape index (κ1) is 15.7. The second kappa shape index (κ2) is 7.91.